The van der Waals surface area contributed by atoms with Gasteiger partial charge in [-0.2, -0.15) is 0 Å². The Hall–Kier alpha value is -0.810. The predicted octanol–water partition coefficient (Wildman–Crippen LogP) is 2.44. The fourth-order valence-electron chi connectivity index (χ4n) is 2.28. The van der Waals surface area contributed by atoms with E-state index >= 15 is 0 Å². The van der Waals surface area contributed by atoms with Gasteiger partial charge in [-0.05, 0) is 45.0 Å². The minimum absolute atomic E-state index is 0.270. The molecule has 2 N–H and O–H groups in total. The summed E-state index contributed by atoms with van der Waals surface area (Å²) in [6.45, 7) is 2.85. The van der Waals surface area contributed by atoms with Crippen molar-refractivity contribution in [3.05, 3.63) is 28.2 Å². The molecular formula is C14H17Cl2NO3. The lowest BCUT2D eigenvalue weighted by molar-refractivity contribution is -0.146. The number of ether oxygens (including phenoxy) is 1. The molecule has 1 aliphatic heterocycles. The number of aliphatic hydroxyl groups is 1. The Morgan fingerprint density at radius 2 is 2.05 bits per heavy atom. The molecule has 0 aromatic heterocycles. The van der Waals surface area contributed by atoms with Crippen molar-refractivity contribution >= 4 is 29.0 Å². The van der Waals surface area contributed by atoms with Gasteiger partial charge in [-0.15, -0.1) is 0 Å². The number of carbonyl (C=O) groups is 1. The third-order valence-corrected chi connectivity index (χ3v) is 4.28. The molecule has 110 valence electrons. The number of hydrogen-bond donors (Lipinski definition) is 2. The zero-order valence-corrected chi connectivity index (χ0v) is 12.7. The molecule has 0 saturated carbocycles. The quantitative estimate of drug-likeness (QED) is 0.895. The standard InChI is InChI=1S/C14H17Cl2NO3/c1-9(13(18)14(19)5-7-17-8-6-14)20-11-4-2-3-10(15)12(11)16/h2-4,9,17,19H,5-8H2,1H3/t9-/m0/s1. The lowest BCUT2D eigenvalue weighted by atomic mass is 9.86. The van der Waals surface area contributed by atoms with Gasteiger partial charge in [0.25, 0.3) is 0 Å². The van der Waals surface area contributed by atoms with Crippen molar-refractivity contribution in [1.29, 1.82) is 0 Å². The van der Waals surface area contributed by atoms with Crippen molar-refractivity contribution < 1.29 is 14.6 Å². The minimum atomic E-state index is -1.32. The molecule has 1 aromatic rings. The van der Waals surface area contributed by atoms with E-state index in [1.54, 1.807) is 25.1 Å². The normalized spacial score (nSPS) is 19.4. The zero-order chi connectivity index (χ0) is 14.8. The van der Waals surface area contributed by atoms with Gasteiger partial charge in [-0.3, -0.25) is 4.79 Å². The highest BCUT2D eigenvalue weighted by Crippen LogP contribution is 2.33. The third-order valence-electron chi connectivity index (χ3n) is 3.48. The molecule has 1 fully saturated rings. The topological polar surface area (TPSA) is 58.6 Å². The van der Waals surface area contributed by atoms with Gasteiger partial charge in [0, 0.05) is 0 Å². The van der Waals surface area contributed by atoms with Gasteiger partial charge in [0.05, 0.1) is 5.02 Å². The molecule has 0 amide bonds. The van der Waals surface area contributed by atoms with E-state index in [9.17, 15) is 9.90 Å². The van der Waals surface area contributed by atoms with Gasteiger partial charge in [-0.1, -0.05) is 29.3 Å². The van der Waals surface area contributed by atoms with Crippen molar-refractivity contribution in [2.45, 2.75) is 31.5 Å². The molecular weight excluding hydrogens is 301 g/mol. The van der Waals surface area contributed by atoms with Crippen LogP contribution >= 0.6 is 23.2 Å². The van der Waals surface area contributed by atoms with Gasteiger partial charge in [-0.25, -0.2) is 0 Å². The average molecular weight is 318 g/mol. The van der Waals surface area contributed by atoms with Gasteiger partial charge in [0.1, 0.15) is 16.4 Å². The van der Waals surface area contributed by atoms with Gasteiger partial charge in [0.15, 0.2) is 6.10 Å². The Morgan fingerprint density at radius 3 is 2.70 bits per heavy atom. The average Bonchev–Trinajstić information content (AvgIpc) is 2.44. The number of ketones is 1. The van der Waals surface area contributed by atoms with Crippen molar-refractivity contribution in [3.63, 3.8) is 0 Å². The summed E-state index contributed by atoms with van der Waals surface area (Å²) < 4.78 is 5.56. The zero-order valence-electron chi connectivity index (χ0n) is 11.2. The highest BCUT2D eigenvalue weighted by molar-refractivity contribution is 6.42. The predicted molar refractivity (Wildman–Crippen MR) is 78.6 cm³/mol. The molecule has 0 spiro atoms. The maximum Gasteiger partial charge on any atom is 0.204 e. The molecule has 0 bridgehead atoms. The lowest BCUT2D eigenvalue weighted by Crippen LogP contribution is -2.52. The minimum Gasteiger partial charge on any atom is -0.481 e. The van der Waals surface area contributed by atoms with Crippen LogP contribution in [0.3, 0.4) is 0 Å². The molecule has 0 aliphatic carbocycles. The fourth-order valence-corrected chi connectivity index (χ4v) is 2.62. The maximum atomic E-state index is 12.3. The summed E-state index contributed by atoms with van der Waals surface area (Å²) >= 11 is 11.9. The fraction of sp³-hybridized carbons (Fsp3) is 0.500. The molecule has 0 radical (unpaired) electrons. The SMILES string of the molecule is C[C@H](Oc1cccc(Cl)c1Cl)C(=O)C1(O)CCNCC1. The molecule has 1 saturated heterocycles. The summed E-state index contributed by atoms with van der Waals surface area (Å²) in [5, 5.41) is 14.1. The van der Waals surface area contributed by atoms with Crippen LogP contribution in [0.1, 0.15) is 19.8 Å². The summed E-state index contributed by atoms with van der Waals surface area (Å²) in [6, 6.07) is 4.98. The molecule has 20 heavy (non-hydrogen) atoms. The van der Waals surface area contributed by atoms with Crippen molar-refractivity contribution in [2.75, 3.05) is 13.1 Å². The molecule has 1 aliphatic rings. The Kier molecular flexibility index (Phi) is 4.91. The molecule has 1 heterocycles. The summed E-state index contributed by atoms with van der Waals surface area (Å²) in [5.74, 6) is 0.0209. The number of rotatable bonds is 4. The smallest absolute Gasteiger partial charge is 0.204 e. The van der Waals surface area contributed by atoms with Gasteiger partial charge in [0.2, 0.25) is 5.78 Å². The first-order valence-corrected chi connectivity index (χ1v) is 7.28. The summed E-state index contributed by atoms with van der Waals surface area (Å²) in [5.41, 5.74) is -1.32. The number of halogens is 2. The molecule has 2 rings (SSSR count). The first-order valence-electron chi connectivity index (χ1n) is 6.52. The van der Waals surface area contributed by atoms with Gasteiger partial charge < -0.3 is 15.2 Å². The van der Waals surface area contributed by atoms with E-state index in [4.69, 9.17) is 27.9 Å². The summed E-state index contributed by atoms with van der Waals surface area (Å²) in [6.07, 6.45) is 0.0000842. The van der Waals surface area contributed by atoms with E-state index in [2.05, 4.69) is 5.32 Å². The van der Waals surface area contributed by atoms with Crippen LogP contribution in [0.15, 0.2) is 18.2 Å². The van der Waals surface area contributed by atoms with Crippen LogP contribution in [0.4, 0.5) is 0 Å². The Labute approximate surface area is 128 Å². The summed E-state index contributed by atoms with van der Waals surface area (Å²) in [4.78, 5) is 12.3. The van der Waals surface area contributed by atoms with Crippen LogP contribution in [0.25, 0.3) is 0 Å². The molecule has 0 unspecified atom stereocenters. The first-order chi connectivity index (χ1) is 9.44. The van der Waals surface area contributed by atoms with E-state index in [0.29, 0.717) is 36.7 Å². The van der Waals surface area contributed by atoms with Crippen LogP contribution < -0.4 is 10.1 Å². The largest absolute Gasteiger partial charge is 0.481 e. The van der Waals surface area contributed by atoms with Crippen molar-refractivity contribution in [1.82, 2.24) is 5.32 Å². The highest BCUT2D eigenvalue weighted by Gasteiger charge is 2.40. The molecule has 4 nitrogen and oxygen atoms in total. The maximum absolute atomic E-state index is 12.3. The first kappa shape index (κ1) is 15.6. The van der Waals surface area contributed by atoms with Crippen LogP contribution in [0.2, 0.25) is 10.0 Å². The Morgan fingerprint density at radius 1 is 1.40 bits per heavy atom. The molecule has 1 aromatic carbocycles. The molecule has 1 atom stereocenters. The third kappa shape index (κ3) is 3.26. The van der Waals surface area contributed by atoms with Crippen molar-refractivity contribution in [3.8, 4) is 5.75 Å². The monoisotopic (exact) mass is 317 g/mol. The van der Waals surface area contributed by atoms with Gasteiger partial charge >= 0.3 is 0 Å². The van der Waals surface area contributed by atoms with E-state index < -0.39 is 11.7 Å². The van der Waals surface area contributed by atoms with Crippen LogP contribution in [0, 0.1) is 0 Å². The number of Topliss-reactive ketones (excluding diaryl/α,β-unsaturated/α-hetero) is 1. The number of nitrogens with one attached hydrogen (secondary N) is 1. The number of carbonyl (C=O) groups excluding carboxylic acids is 1. The van der Waals surface area contributed by atoms with Crippen LogP contribution in [-0.2, 0) is 4.79 Å². The van der Waals surface area contributed by atoms with E-state index in [0.717, 1.165) is 0 Å². The number of hydrogen-bond acceptors (Lipinski definition) is 4. The van der Waals surface area contributed by atoms with Crippen LogP contribution in [0.5, 0.6) is 5.75 Å². The second-order valence-corrected chi connectivity index (χ2v) is 5.74. The Bertz CT molecular complexity index is 501. The Balaban J connectivity index is 2.09. The number of piperidine rings is 1. The highest BCUT2D eigenvalue weighted by atomic mass is 35.5. The summed E-state index contributed by atoms with van der Waals surface area (Å²) in [7, 11) is 0. The van der Waals surface area contributed by atoms with E-state index in [-0.39, 0.29) is 10.8 Å². The second kappa shape index (κ2) is 6.31. The number of benzene rings is 1. The molecule has 6 heteroatoms. The van der Waals surface area contributed by atoms with E-state index in [1.165, 1.54) is 0 Å². The lowest BCUT2D eigenvalue weighted by Gasteiger charge is -2.33. The second-order valence-electron chi connectivity index (χ2n) is 4.96. The van der Waals surface area contributed by atoms with E-state index in [1.807, 2.05) is 0 Å². The van der Waals surface area contributed by atoms with Crippen molar-refractivity contribution in [2.24, 2.45) is 0 Å². The van der Waals surface area contributed by atoms with Crippen LogP contribution in [-0.4, -0.2) is 35.7 Å².